The lowest BCUT2D eigenvalue weighted by Gasteiger charge is -2.35. The Kier molecular flexibility index (Phi) is 5.11. The highest BCUT2D eigenvalue weighted by molar-refractivity contribution is 5.92. The van der Waals surface area contributed by atoms with Gasteiger partial charge in [0.05, 0.1) is 0 Å². The van der Waals surface area contributed by atoms with E-state index >= 15 is 0 Å². The third-order valence-electron chi connectivity index (χ3n) is 5.12. The van der Waals surface area contributed by atoms with Crippen molar-refractivity contribution in [3.63, 3.8) is 0 Å². The highest BCUT2D eigenvalue weighted by Crippen LogP contribution is 2.36. The highest BCUT2D eigenvalue weighted by atomic mass is 16.5. The summed E-state index contributed by atoms with van der Waals surface area (Å²) in [4.78, 5) is 20.8. The van der Waals surface area contributed by atoms with Gasteiger partial charge in [-0.3, -0.25) is 4.79 Å². The number of anilines is 1. The summed E-state index contributed by atoms with van der Waals surface area (Å²) in [5, 5.41) is 2.86. The number of hydrogen-bond acceptors (Lipinski definition) is 5. The maximum atomic E-state index is 12.3. The Morgan fingerprint density at radius 3 is 2.65 bits per heavy atom. The van der Waals surface area contributed by atoms with Gasteiger partial charge in [-0.25, -0.2) is 9.97 Å². The first-order chi connectivity index (χ1) is 12.8. The number of nitrogens with zero attached hydrogens (tertiary/aromatic N) is 2. The summed E-state index contributed by atoms with van der Waals surface area (Å²) in [6.45, 7) is 1.58. The molecule has 1 saturated heterocycles. The Balaban J connectivity index is 1.32. The molecule has 2 aromatic rings. The summed E-state index contributed by atoms with van der Waals surface area (Å²) < 4.78 is 11.6. The predicted octanol–water partition coefficient (Wildman–Crippen LogP) is 3.17. The summed E-state index contributed by atoms with van der Waals surface area (Å²) in [6, 6.07) is 9.53. The number of hydrogen-bond donors (Lipinski definition) is 1. The van der Waals surface area contributed by atoms with Crippen LogP contribution in [-0.4, -0.2) is 35.2 Å². The van der Waals surface area contributed by atoms with Gasteiger partial charge in [-0.1, -0.05) is 12.1 Å². The molecule has 4 rings (SSSR count). The highest BCUT2D eigenvalue weighted by Gasteiger charge is 2.37. The van der Waals surface area contributed by atoms with Crippen LogP contribution in [-0.2, 0) is 9.53 Å². The predicted molar refractivity (Wildman–Crippen MR) is 97.0 cm³/mol. The van der Waals surface area contributed by atoms with Crippen molar-refractivity contribution >= 4 is 11.7 Å². The molecule has 0 spiro atoms. The molecule has 2 aromatic heterocycles. The second-order valence-electron chi connectivity index (χ2n) is 6.90. The van der Waals surface area contributed by atoms with Crippen molar-refractivity contribution < 1.29 is 14.3 Å². The van der Waals surface area contributed by atoms with E-state index in [0.717, 1.165) is 31.6 Å². The molecule has 26 heavy (non-hydrogen) atoms. The molecule has 1 aliphatic heterocycles. The molecule has 0 aromatic carbocycles. The van der Waals surface area contributed by atoms with Crippen molar-refractivity contribution in [2.75, 3.05) is 18.5 Å². The number of carbonyl (C=O) groups is 1. The smallest absolute Gasteiger partial charge is 0.228 e. The van der Waals surface area contributed by atoms with Crippen molar-refractivity contribution in [2.24, 2.45) is 5.92 Å². The average molecular weight is 353 g/mol. The van der Waals surface area contributed by atoms with Crippen molar-refractivity contribution in [2.45, 2.75) is 37.7 Å². The Bertz CT molecular complexity index is 741. The second kappa shape index (κ2) is 7.83. The van der Waals surface area contributed by atoms with Gasteiger partial charge in [-0.2, -0.15) is 0 Å². The number of carbonyl (C=O) groups excluding carboxylic acids is 1. The van der Waals surface area contributed by atoms with Gasteiger partial charge in [0.15, 0.2) is 0 Å². The SMILES string of the molecule is O=C(Nc1ccccn1)[C@H]1C[C@H](Oc2ncccc2C2CCOCC2)C1. The molecule has 1 N–H and O–H groups in total. The molecule has 136 valence electrons. The van der Waals surface area contributed by atoms with E-state index in [9.17, 15) is 4.79 Å². The van der Waals surface area contributed by atoms with Gasteiger partial charge in [0.2, 0.25) is 11.8 Å². The van der Waals surface area contributed by atoms with Gasteiger partial charge < -0.3 is 14.8 Å². The van der Waals surface area contributed by atoms with Crippen LogP contribution in [0.4, 0.5) is 5.82 Å². The first-order valence-corrected chi connectivity index (χ1v) is 9.21. The minimum Gasteiger partial charge on any atom is -0.474 e. The van der Waals surface area contributed by atoms with Crippen LogP contribution in [0, 0.1) is 5.92 Å². The monoisotopic (exact) mass is 353 g/mol. The van der Waals surface area contributed by atoms with E-state index in [1.165, 1.54) is 0 Å². The van der Waals surface area contributed by atoms with E-state index in [-0.39, 0.29) is 17.9 Å². The van der Waals surface area contributed by atoms with Crippen LogP contribution >= 0.6 is 0 Å². The van der Waals surface area contributed by atoms with Gasteiger partial charge in [0.25, 0.3) is 0 Å². The molecular formula is C20H23N3O3. The van der Waals surface area contributed by atoms with E-state index in [1.54, 1.807) is 18.5 Å². The van der Waals surface area contributed by atoms with Gasteiger partial charge >= 0.3 is 0 Å². The molecule has 0 unspecified atom stereocenters. The lowest BCUT2D eigenvalue weighted by molar-refractivity contribution is -0.125. The number of aromatic nitrogens is 2. The number of rotatable bonds is 5. The molecule has 0 bridgehead atoms. The van der Waals surface area contributed by atoms with Gasteiger partial charge in [-0.15, -0.1) is 0 Å². The van der Waals surface area contributed by atoms with Crippen molar-refractivity contribution in [3.05, 3.63) is 48.3 Å². The normalized spacial score (nSPS) is 23.1. The molecule has 1 aliphatic carbocycles. The Morgan fingerprint density at radius 1 is 1.08 bits per heavy atom. The molecule has 0 radical (unpaired) electrons. The van der Waals surface area contributed by atoms with E-state index < -0.39 is 0 Å². The third-order valence-corrected chi connectivity index (χ3v) is 5.12. The number of nitrogens with one attached hydrogen (secondary N) is 1. The first kappa shape index (κ1) is 17.0. The molecular weight excluding hydrogens is 330 g/mol. The van der Waals surface area contributed by atoms with Crippen LogP contribution < -0.4 is 10.1 Å². The molecule has 2 aliphatic rings. The Hall–Kier alpha value is -2.47. The van der Waals surface area contributed by atoms with Gasteiger partial charge in [0, 0.05) is 37.1 Å². The molecule has 0 atom stereocenters. The van der Waals surface area contributed by atoms with Crippen molar-refractivity contribution in [1.29, 1.82) is 0 Å². The zero-order valence-corrected chi connectivity index (χ0v) is 14.6. The first-order valence-electron chi connectivity index (χ1n) is 9.21. The van der Waals surface area contributed by atoms with E-state index in [4.69, 9.17) is 9.47 Å². The van der Waals surface area contributed by atoms with E-state index in [0.29, 0.717) is 30.5 Å². The minimum absolute atomic E-state index is 0.00854. The molecule has 6 nitrogen and oxygen atoms in total. The number of pyridine rings is 2. The number of amides is 1. The Labute approximate surface area is 153 Å². The summed E-state index contributed by atoms with van der Waals surface area (Å²) in [7, 11) is 0. The third kappa shape index (κ3) is 3.85. The second-order valence-corrected chi connectivity index (χ2v) is 6.90. The average Bonchev–Trinajstić information content (AvgIpc) is 2.66. The lowest BCUT2D eigenvalue weighted by Crippen LogP contribution is -2.41. The summed E-state index contributed by atoms with van der Waals surface area (Å²) in [6.07, 6.45) is 6.90. The van der Waals surface area contributed by atoms with Gasteiger partial charge in [0.1, 0.15) is 11.9 Å². The van der Waals surface area contributed by atoms with E-state index in [2.05, 4.69) is 21.4 Å². The largest absolute Gasteiger partial charge is 0.474 e. The van der Waals surface area contributed by atoms with Crippen LogP contribution in [0.2, 0.25) is 0 Å². The van der Waals surface area contributed by atoms with Crippen molar-refractivity contribution in [1.82, 2.24) is 9.97 Å². The standard InChI is InChI=1S/C20H23N3O3/c24-19(23-18-5-1-2-8-21-18)15-12-16(13-15)26-20-17(4-3-9-22-20)14-6-10-25-11-7-14/h1-5,8-9,14-16H,6-7,10-13H2,(H,21,23,24)/t15-,16-. The summed E-state index contributed by atoms with van der Waals surface area (Å²) >= 11 is 0. The molecule has 6 heteroatoms. The maximum Gasteiger partial charge on any atom is 0.228 e. The van der Waals surface area contributed by atoms with Crippen molar-refractivity contribution in [3.8, 4) is 5.88 Å². The van der Waals surface area contributed by atoms with Crippen LogP contribution in [0.1, 0.15) is 37.2 Å². The van der Waals surface area contributed by atoms with Crippen LogP contribution in [0.3, 0.4) is 0 Å². The molecule has 2 fully saturated rings. The lowest BCUT2D eigenvalue weighted by atomic mass is 9.81. The minimum atomic E-state index is -0.0303. The summed E-state index contributed by atoms with van der Waals surface area (Å²) in [5.74, 6) is 1.73. The Morgan fingerprint density at radius 2 is 1.88 bits per heavy atom. The maximum absolute atomic E-state index is 12.3. The zero-order valence-electron chi connectivity index (χ0n) is 14.6. The fourth-order valence-corrected chi connectivity index (χ4v) is 3.52. The molecule has 1 amide bonds. The molecule has 1 saturated carbocycles. The number of ether oxygens (including phenoxy) is 2. The molecule has 3 heterocycles. The topological polar surface area (TPSA) is 73.3 Å². The van der Waals surface area contributed by atoms with Crippen LogP contribution in [0.15, 0.2) is 42.7 Å². The fourth-order valence-electron chi connectivity index (χ4n) is 3.52. The van der Waals surface area contributed by atoms with E-state index in [1.807, 2.05) is 18.2 Å². The fraction of sp³-hybridized carbons (Fsp3) is 0.450. The zero-order chi connectivity index (χ0) is 17.8. The van der Waals surface area contributed by atoms with Crippen LogP contribution in [0.25, 0.3) is 0 Å². The van der Waals surface area contributed by atoms with Gasteiger partial charge in [-0.05, 0) is 49.8 Å². The quantitative estimate of drug-likeness (QED) is 0.894. The summed E-state index contributed by atoms with van der Waals surface area (Å²) in [5.41, 5.74) is 1.16. The van der Waals surface area contributed by atoms with Crippen LogP contribution in [0.5, 0.6) is 5.88 Å².